The zero-order valence-corrected chi connectivity index (χ0v) is 11.4. The molecule has 1 rings (SSSR count). The molecule has 1 fully saturated rings. The van der Waals surface area contributed by atoms with Crippen molar-refractivity contribution in [2.24, 2.45) is 23.5 Å². The van der Waals surface area contributed by atoms with Crippen LogP contribution in [0.5, 0.6) is 0 Å². The Kier molecular flexibility index (Phi) is 7.11. The third kappa shape index (κ3) is 4.08. The van der Waals surface area contributed by atoms with Crippen molar-refractivity contribution in [3.05, 3.63) is 0 Å². The van der Waals surface area contributed by atoms with Crippen LogP contribution in [0.25, 0.3) is 0 Å². The summed E-state index contributed by atoms with van der Waals surface area (Å²) < 4.78 is 0. The van der Waals surface area contributed by atoms with Gasteiger partial charge in [-0.1, -0.05) is 58.8 Å². The van der Waals surface area contributed by atoms with E-state index in [9.17, 15) is 0 Å². The maximum absolute atomic E-state index is 5.96. The van der Waals surface area contributed by atoms with Crippen LogP contribution >= 0.6 is 0 Å². The van der Waals surface area contributed by atoms with Crippen LogP contribution < -0.4 is 5.73 Å². The molecule has 0 spiro atoms. The topological polar surface area (TPSA) is 26.0 Å². The fourth-order valence-corrected chi connectivity index (χ4v) is 3.48. The van der Waals surface area contributed by atoms with Crippen molar-refractivity contribution in [2.75, 3.05) is 6.54 Å². The number of hydrogen-bond acceptors (Lipinski definition) is 1. The molecule has 1 saturated carbocycles. The molecular weight excluding hydrogens is 194 g/mol. The van der Waals surface area contributed by atoms with Crippen molar-refractivity contribution in [1.82, 2.24) is 0 Å². The van der Waals surface area contributed by atoms with Crippen LogP contribution in [0.15, 0.2) is 0 Å². The van der Waals surface area contributed by atoms with Crippen molar-refractivity contribution in [2.45, 2.75) is 71.6 Å². The lowest BCUT2D eigenvalue weighted by Gasteiger charge is -2.38. The Balaban J connectivity index is 2.48. The van der Waals surface area contributed by atoms with Gasteiger partial charge in [-0.2, -0.15) is 0 Å². The summed E-state index contributed by atoms with van der Waals surface area (Å²) >= 11 is 0. The number of unbranched alkanes of at least 4 members (excludes halogenated alkanes) is 2. The monoisotopic (exact) mass is 225 g/mol. The lowest BCUT2D eigenvalue weighted by molar-refractivity contribution is 0.134. The van der Waals surface area contributed by atoms with Crippen LogP contribution in [-0.4, -0.2) is 6.54 Å². The van der Waals surface area contributed by atoms with Gasteiger partial charge in [0.25, 0.3) is 0 Å². The quantitative estimate of drug-likeness (QED) is 0.684. The third-order valence-corrected chi connectivity index (χ3v) is 4.48. The Morgan fingerprint density at radius 1 is 0.938 bits per heavy atom. The minimum atomic E-state index is 0.835. The molecule has 0 radical (unpaired) electrons. The van der Waals surface area contributed by atoms with E-state index in [-0.39, 0.29) is 0 Å². The molecule has 0 aliphatic heterocycles. The summed E-state index contributed by atoms with van der Waals surface area (Å²) in [5.41, 5.74) is 5.96. The molecule has 0 saturated heterocycles. The van der Waals surface area contributed by atoms with Gasteiger partial charge in [-0.25, -0.2) is 0 Å². The predicted octanol–water partition coefficient (Wildman–Crippen LogP) is 4.36. The number of hydrogen-bond donors (Lipinski definition) is 1. The molecule has 1 nitrogen and oxygen atoms in total. The fraction of sp³-hybridized carbons (Fsp3) is 1.00. The van der Waals surface area contributed by atoms with Crippen molar-refractivity contribution in [3.8, 4) is 0 Å². The first-order valence-corrected chi connectivity index (χ1v) is 7.53. The average molecular weight is 225 g/mol. The standard InChI is InChI=1S/C15H31N/c1-3-5-8-13-9-7-10-14(12-16)15(13)11-6-4-2/h13-15H,3-12,16H2,1-2H3. The fourth-order valence-electron chi connectivity index (χ4n) is 3.48. The van der Waals surface area contributed by atoms with Gasteiger partial charge in [0.15, 0.2) is 0 Å². The first-order chi connectivity index (χ1) is 7.83. The molecule has 0 aromatic heterocycles. The van der Waals surface area contributed by atoms with E-state index < -0.39 is 0 Å². The largest absolute Gasteiger partial charge is 0.330 e. The van der Waals surface area contributed by atoms with Crippen LogP contribution in [0.1, 0.15) is 71.6 Å². The van der Waals surface area contributed by atoms with E-state index >= 15 is 0 Å². The minimum Gasteiger partial charge on any atom is -0.330 e. The van der Waals surface area contributed by atoms with Crippen LogP contribution in [0.4, 0.5) is 0 Å². The molecule has 0 amide bonds. The smallest absolute Gasteiger partial charge is 0.00461 e. The van der Waals surface area contributed by atoms with E-state index in [2.05, 4.69) is 13.8 Å². The van der Waals surface area contributed by atoms with E-state index in [1.807, 2.05) is 0 Å². The second-order valence-corrected chi connectivity index (χ2v) is 5.64. The van der Waals surface area contributed by atoms with Crippen LogP contribution in [0.2, 0.25) is 0 Å². The Morgan fingerprint density at radius 3 is 2.19 bits per heavy atom. The summed E-state index contributed by atoms with van der Waals surface area (Å²) in [5, 5.41) is 0. The van der Waals surface area contributed by atoms with E-state index in [0.29, 0.717) is 0 Å². The molecular formula is C15H31N. The van der Waals surface area contributed by atoms with Gasteiger partial charge in [0, 0.05) is 0 Å². The normalized spacial score (nSPS) is 30.6. The number of nitrogens with two attached hydrogens (primary N) is 1. The highest BCUT2D eigenvalue weighted by Crippen LogP contribution is 2.40. The highest BCUT2D eigenvalue weighted by atomic mass is 14.6. The Labute approximate surface area is 102 Å². The average Bonchev–Trinajstić information content (AvgIpc) is 2.33. The summed E-state index contributed by atoms with van der Waals surface area (Å²) in [4.78, 5) is 0. The van der Waals surface area contributed by atoms with E-state index in [1.165, 1.54) is 57.8 Å². The van der Waals surface area contributed by atoms with Crippen LogP contribution in [0.3, 0.4) is 0 Å². The second kappa shape index (κ2) is 8.11. The van der Waals surface area contributed by atoms with Crippen molar-refractivity contribution >= 4 is 0 Å². The first-order valence-electron chi connectivity index (χ1n) is 7.53. The third-order valence-electron chi connectivity index (χ3n) is 4.48. The van der Waals surface area contributed by atoms with E-state index in [1.54, 1.807) is 0 Å². The van der Waals surface area contributed by atoms with E-state index in [4.69, 9.17) is 5.73 Å². The summed E-state index contributed by atoms with van der Waals surface area (Å²) in [6.07, 6.45) is 12.7. The van der Waals surface area contributed by atoms with Gasteiger partial charge in [-0.15, -0.1) is 0 Å². The molecule has 0 aromatic rings. The van der Waals surface area contributed by atoms with Gasteiger partial charge in [0.1, 0.15) is 0 Å². The Bertz CT molecular complexity index is 167. The summed E-state index contributed by atoms with van der Waals surface area (Å²) in [6, 6.07) is 0. The highest BCUT2D eigenvalue weighted by Gasteiger charge is 2.31. The molecule has 1 aliphatic rings. The maximum atomic E-state index is 5.96. The molecule has 1 heteroatoms. The molecule has 0 heterocycles. The van der Waals surface area contributed by atoms with Crippen molar-refractivity contribution in [1.29, 1.82) is 0 Å². The number of rotatable bonds is 7. The minimum absolute atomic E-state index is 0.835. The zero-order valence-electron chi connectivity index (χ0n) is 11.4. The van der Waals surface area contributed by atoms with Crippen LogP contribution in [0, 0.1) is 17.8 Å². The molecule has 16 heavy (non-hydrogen) atoms. The van der Waals surface area contributed by atoms with Gasteiger partial charge in [-0.05, 0) is 37.1 Å². The molecule has 96 valence electrons. The zero-order chi connectivity index (χ0) is 11.8. The molecule has 0 bridgehead atoms. The van der Waals surface area contributed by atoms with Gasteiger partial charge in [0.2, 0.25) is 0 Å². The van der Waals surface area contributed by atoms with Gasteiger partial charge in [0.05, 0.1) is 0 Å². The summed E-state index contributed by atoms with van der Waals surface area (Å²) in [7, 11) is 0. The Hall–Kier alpha value is -0.0400. The molecule has 1 aliphatic carbocycles. The van der Waals surface area contributed by atoms with Gasteiger partial charge >= 0.3 is 0 Å². The highest BCUT2D eigenvalue weighted by molar-refractivity contribution is 4.82. The van der Waals surface area contributed by atoms with Gasteiger partial charge in [-0.3, -0.25) is 0 Å². The lowest BCUT2D eigenvalue weighted by Crippen LogP contribution is -2.33. The Morgan fingerprint density at radius 2 is 1.56 bits per heavy atom. The van der Waals surface area contributed by atoms with Crippen LogP contribution in [-0.2, 0) is 0 Å². The van der Waals surface area contributed by atoms with Gasteiger partial charge < -0.3 is 5.73 Å². The molecule has 3 unspecified atom stereocenters. The predicted molar refractivity (Wildman–Crippen MR) is 72.4 cm³/mol. The first kappa shape index (κ1) is 14.0. The SMILES string of the molecule is CCCCC1CCCC(CN)C1CCCC. The van der Waals surface area contributed by atoms with Crippen molar-refractivity contribution in [3.63, 3.8) is 0 Å². The summed E-state index contributed by atoms with van der Waals surface area (Å²) in [5.74, 6) is 2.78. The second-order valence-electron chi connectivity index (χ2n) is 5.64. The molecule has 3 atom stereocenters. The summed E-state index contributed by atoms with van der Waals surface area (Å²) in [6.45, 7) is 5.54. The molecule has 0 aromatic carbocycles. The van der Waals surface area contributed by atoms with Crippen molar-refractivity contribution < 1.29 is 0 Å². The maximum Gasteiger partial charge on any atom is -0.00461 e. The molecule has 2 N–H and O–H groups in total. The lowest BCUT2D eigenvalue weighted by atomic mass is 9.68. The van der Waals surface area contributed by atoms with E-state index in [0.717, 1.165) is 24.3 Å².